The van der Waals surface area contributed by atoms with E-state index in [2.05, 4.69) is 16.0 Å². The molecule has 0 bridgehead atoms. The van der Waals surface area contributed by atoms with Gasteiger partial charge in [-0.3, -0.25) is 9.59 Å². The summed E-state index contributed by atoms with van der Waals surface area (Å²) in [6.07, 6.45) is 1.04. The van der Waals surface area contributed by atoms with Gasteiger partial charge in [-0.25, -0.2) is 4.39 Å². The molecule has 2 heterocycles. The first kappa shape index (κ1) is 19.7. The number of amides is 2. The van der Waals surface area contributed by atoms with E-state index in [9.17, 15) is 14.0 Å². The first-order chi connectivity index (χ1) is 12.6. The Hall–Kier alpha value is -2.09. The van der Waals surface area contributed by atoms with E-state index in [1.54, 1.807) is 30.0 Å². The molecule has 0 radical (unpaired) electrons. The van der Waals surface area contributed by atoms with Crippen LogP contribution >= 0.6 is 24.2 Å². The largest absolute Gasteiger partial charge is 0.325 e. The molecule has 2 aliphatic heterocycles. The van der Waals surface area contributed by atoms with Crippen LogP contribution in [0, 0.1) is 5.82 Å². The number of nitrogens with one attached hydrogen (secondary N) is 3. The Morgan fingerprint density at radius 2 is 2.04 bits per heavy atom. The van der Waals surface area contributed by atoms with E-state index in [0.29, 0.717) is 42.0 Å². The van der Waals surface area contributed by atoms with Crippen molar-refractivity contribution >= 4 is 47.4 Å². The first-order valence-corrected chi connectivity index (χ1v) is 9.49. The van der Waals surface area contributed by atoms with Gasteiger partial charge < -0.3 is 16.0 Å². The molecule has 2 aromatic rings. The maximum atomic E-state index is 14.7. The average molecular weight is 408 g/mol. The zero-order chi connectivity index (χ0) is 18.1. The molecule has 2 aromatic carbocycles. The maximum Gasteiger partial charge on any atom is 0.255 e. The standard InChI is InChI=1S/C19H18FN3O2S.ClH/c20-18-13-5-7-21-10-12(13)1-3-14(18)23-19(25)11-2-4-16-15(9-11)22-17(24)6-8-26-16;/h1-4,9,21H,5-8,10H2,(H,22,24)(H,23,25);1H. The lowest BCUT2D eigenvalue weighted by molar-refractivity contribution is -0.115. The summed E-state index contributed by atoms with van der Waals surface area (Å²) in [5.41, 5.74) is 2.78. The summed E-state index contributed by atoms with van der Waals surface area (Å²) in [5.74, 6) is -0.122. The molecule has 0 aromatic heterocycles. The van der Waals surface area contributed by atoms with Crippen LogP contribution in [0.2, 0.25) is 0 Å². The van der Waals surface area contributed by atoms with Crippen LogP contribution in [0.3, 0.4) is 0 Å². The van der Waals surface area contributed by atoms with E-state index in [1.165, 1.54) is 0 Å². The van der Waals surface area contributed by atoms with Gasteiger partial charge in [0.05, 0.1) is 11.4 Å². The Balaban J connectivity index is 0.00000210. The molecule has 142 valence electrons. The van der Waals surface area contributed by atoms with E-state index in [1.807, 2.05) is 12.1 Å². The van der Waals surface area contributed by atoms with E-state index in [0.717, 1.165) is 17.0 Å². The van der Waals surface area contributed by atoms with Crippen LogP contribution in [0.25, 0.3) is 0 Å². The summed E-state index contributed by atoms with van der Waals surface area (Å²) < 4.78 is 14.7. The van der Waals surface area contributed by atoms with Crippen LogP contribution in [0.1, 0.15) is 27.9 Å². The van der Waals surface area contributed by atoms with Gasteiger partial charge >= 0.3 is 0 Å². The fourth-order valence-electron chi connectivity index (χ4n) is 3.19. The van der Waals surface area contributed by atoms with Gasteiger partial charge in [-0.05, 0) is 48.4 Å². The number of thioether (sulfide) groups is 1. The van der Waals surface area contributed by atoms with Crippen molar-refractivity contribution in [3.05, 3.63) is 52.8 Å². The second-order valence-corrected chi connectivity index (χ2v) is 7.44. The number of anilines is 2. The zero-order valence-corrected chi connectivity index (χ0v) is 16.1. The molecule has 0 spiro atoms. The topological polar surface area (TPSA) is 70.2 Å². The highest BCUT2D eigenvalue weighted by atomic mass is 35.5. The van der Waals surface area contributed by atoms with Gasteiger partial charge in [-0.2, -0.15) is 0 Å². The summed E-state index contributed by atoms with van der Waals surface area (Å²) >= 11 is 1.57. The highest BCUT2D eigenvalue weighted by molar-refractivity contribution is 7.99. The number of benzene rings is 2. The number of carbonyl (C=O) groups excluding carboxylic acids is 2. The van der Waals surface area contributed by atoms with E-state index >= 15 is 0 Å². The number of rotatable bonds is 2. The highest BCUT2D eigenvalue weighted by Crippen LogP contribution is 2.32. The Morgan fingerprint density at radius 3 is 2.89 bits per heavy atom. The molecule has 8 heteroatoms. The van der Waals surface area contributed by atoms with Gasteiger partial charge in [0.25, 0.3) is 5.91 Å². The summed E-state index contributed by atoms with van der Waals surface area (Å²) in [6, 6.07) is 8.59. The van der Waals surface area contributed by atoms with Crippen LogP contribution < -0.4 is 16.0 Å². The maximum absolute atomic E-state index is 14.7. The highest BCUT2D eigenvalue weighted by Gasteiger charge is 2.19. The predicted molar refractivity (Wildman–Crippen MR) is 107 cm³/mol. The molecule has 0 saturated heterocycles. The molecule has 0 aliphatic carbocycles. The third kappa shape index (κ3) is 4.10. The molecule has 27 heavy (non-hydrogen) atoms. The summed E-state index contributed by atoms with van der Waals surface area (Å²) in [7, 11) is 0. The van der Waals surface area contributed by atoms with Crippen molar-refractivity contribution in [2.24, 2.45) is 0 Å². The molecule has 5 nitrogen and oxygen atoms in total. The minimum atomic E-state index is -0.399. The molecular weight excluding hydrogens is 389 g/mol. The molecule has 0 atom stereocenters. The molecule has 2 aliphatic rings. The fraction of sp³-hybridized carbons (Fsp3) is 0.263. The smallest absolute Gasteiger partial charge is 0.255 e. The minimum Gasteiger partial charge on any atom is -0.325 e. The summed E-state index contributed by atoms with van der Waals surface area (Å²) in [5, 5.41) is 8.67. The van der Waals surface area contributed by atoms with Gasteiger partial charge in [-0.15, -0.1) is 24.2 Å². The van der Waals surface area contributed by atoms with Crippen molar-refractivity contribution in [1.82, 2.24) is 5.32 Å². The molecule has 4 rings (SSSR count). The lowest BCUT2D eigenvalue weighted by Crippen LogP contribution is -2.25. The fourth-order valence-corrected chi connectivity index (χ4v) is 4.12. The number of fused-ring (bicyclic) bond motifs is 2. The summed E-state index contributed by atoms with van der Waals surface area (Å²) in [6.45, 7) is 1.37. The third-order valence-corrected chi connectivity index (χ3v) is 5.63. The zero-order valence-electron chi connectivity index (χ0n) is 14.4. The SMILES string of the molecule is Cl.O=C1CCSc2ccc(C(=O)Nc3ccc4c(c3F)CCNC4)cc2N1. The average Bonchev–Trinajstić information content (AvgIpc) is 2.84. The molecule has 2 amide bonds. The molecular formula is C19H19ClFN3O2S. The van der Waals surface area contributed by atoms with Gasteiger partial charge in [0.2, 0.25) is 5.91 Å². The van der Waals surface area contributed by atoms with Crippen molar-refractivity contribution < 1.29 is 14.0 Å². The van der Waals surface area contributed by atoms with Crippen molar-refractivity contribution in [1.29, 1.82) is 0 Å². The number of hydrogen-bond acceptors (Lipinski definition) is 4. The Kier molecular flexibility index (Phi) is 6.04. The Morgan fingerprint density at radius 1 is 1.19 bits per heavy atom. The van der Waals surface area contributed by atoms with Crippen LogP contribution in [0.15, 0.2) is 35.2 Å². The number of carbonyl (C=O) groups is 2. The monoisotopic (exact) mass is 407 g/mol. The van der Waals surface area contributed by atoms with Crippen LogP contribution in [-0.4, -0.2) is 24.1 Å². The molecule has 0 unspecified atom stereocenters. The molecule has 0 saturated carbocycles. The van der Waals surface area contributed by atoms with Crippen molar-refractivity contribution in [3.63, 3.8) is 0 Å². The van der Waals surface area contributed by atoms with Gasteiger partial charge in [0, 0.05) is 29.2 Å². The second kappa shape index (κ2) is 8.29. The number of halogens is 2. The molecule has 0 fully saturated rings. The second-order valence-electron chi connectivity index (χ2n) is 6.30. The predicted octanol–water partition coefficient (Wildman–Crippen LogP) is 3.58. The Bertz CT molecular complexity index is 907. The van der Waals surface area contributed by atoms with Gasteiger partial charge in [0.1, 0.15) is 5.82 Å². The normalized spacial score (nSPS) is 15.5. The van der Waals surface area contributed by atoms with Crippen molar-refractivity contribution in [2.45, 2.75) is 24.3 Å². The summed E-state index contributed by atoms with van der Waals surface area (Å²) in [4.78, 5) is 25.2. The minimum absolute atomic E-state index is 0. The Labute approximate surface area is 166 Å². The number of hydrogen-bond donors (Lipinski definition) is 3. The quantitative estimate of drug-likeness (QED) is 0.711. The third-order valence-electron chi connectivity index (χ3n) is 4.56. The van der Waals surface area contributed by atoms with Gasteiger partial charge in [-0.1, -0.05) is 6.07 Å². The first-order valence-electron chi connectivity index (χ1n) is 8.51. The van der Waals surface area contributed by atoms with Crippen LogP contribution in [-0.2, 0) is 17.8 Å². The van der Waals surface area contributed by atoms with Gasteiger partial charge in [0.15, 0.2) is 0 Å². The van der Waals surface area contributed by atoms with Crippen molar-refractivity contribution in [2.75, 3.05) is 22.9 Å². The van der Waals surface area contributed by atoms with Crippen LogP contribution in [0.5, 0.6) is 0 Å². The lowest BCUT2D eigenvalue weighted by atomic mass is 9.99. The molecule has 3 N–H and O–H groups in total. The van der Waals surface area contributed by atoms with E-state index in [4.69, 9.17) is 0 Å². The van der Waals surface area contributed by atoms with E-state index < -0.39 is 5.91 Å². The van der Waals surface area contributed by atoms with E-state index in [-0.39, 0.29) is 29.8 Å². The van der Waals surface area contributed by atoms with Crippen molar-refractivity contribution in [3.8, 4) is 0 Å². The van der Waals surface area contributed by atoms with Crippen LogP contribution in [0.4, 0.5) is 15.8 Å². The lowest BCUT2D eigenvalue weighted by Gasteiger charge is -2.19.